The van der Waals surface area contributed by atoms with Gasteiger partial charge in [-0.25, -0.2) is 0 Å². The number of thioether (sulfide) groups is 1. The molecule has 8 heteroatoms. The summed E-state index contributed by atoms with van der Waals surface area (Å²) < 4.78 is 1.68. The van der Waals surface area contributed by atoms with Gasteiger partial charge in [-0.15, -0.1) is 16.4 Å². The van der Waals surface area contributed by atoms with Gasteiger partial charge in [-0.2, -0.15) is 4.68 Å². The maximum atomic E-state index is 12.2. The molecule has 1 atom stereocenters. The van der Waals surface area contributed by atoms with Gasteiger partial charge >= 0.3 is 0 Å². The first-order valence-electron chi connectivity index (χ1n) is 7.86. The highest BCUT2D eigenvalue weighted by Gasteiger charge is 2.15. The van der Waals surface area contributed by atoms with Crippen molar-refractivity contribution >= 4 is 29.0 Å². The first-order chi connectivity index (χ1) is 12.0. The quantitative estimate of drug-likeness (QED) is 0.671. The summed E-state index contributed by atoms with van der Waals surface area (Å²) in [6.07, 6.45) is 0. The van der Waals surface area contributed by atoms with Crippen LogP contribution in [0.3, 0.4) is 0 Å². The predicted molar refractivity (Wildman–Crippen MR) is 100 cm³/mol. The molecule has 0 fully saturated rings. The van der Waals surface area contributed by atoms with Crippen molar-refractivity contribution in [3.05, 3.63) is 51.7 Å². The van der Waals surface area contributed by atoms with Crippen LogP contribution in [0.2, 0.25) is 0 Å². The molecule has 0 saturated heterocycles. The number of aromatic nitrogens is 4. The van der Waals surface area contributed by atoms with Crippen LogP contribution >= 0.6 is 23.1 Å². The molecule has 1 aromatic carbocycles. The summed E-state index contributed by atoms with van der Waals surface area (Å²) in [6.45, 7) is 6.05. The van der Waals surface area contributed by atoms with Crippen molar-refractivity contribution in [2.24, 2.45) is 0 Å². The Morgan fingerprint density at radius 1 is 1.36 bits per heavy atom. The first kappa shape index (κ1) is 17.6. The average Bonchev–Trinajstić information content (AvgIpc) is 3.25. The molecule has 130 valence electrons. The SMILES string of the molecule is Cc1ccc(-n2nnnc2SCC(=O)NC(C)c2cccs2)c(C)c1. The molecule has 2 aromatic heterocycles. The zero-order chi connectivity index (χ0) is 17.8. The third-order valence-electron chi connectivity index (χ3n) is 3.70. The van der Waals surface area contributed by atoms with E-state index in [0.717, 1.165) is 16.1 Å². The molecule has 0 saturated carbocycles. The fraction of sp³-hybridized carbons (Fsp3) is 0.294. The van der Waals surface area contributed by atoms with E-state index in [1.165, 1.54) is 17.3 Å². The Balaban J connectivity index is 1.64. The van der Waals surface area contributed by atoms with E-state index in [0.29, 0.717) is 5.16 Å². The van der Waals surface area contributed by atoms with Crippen LogP contribution < -0.4 is 5.32 Å². The van der Waals surface area contributed by atoms with E-state index in [4.69, 9.17) is 0 Å². The van der Waals surface area contributed by atoms with Crippen molar-refractivity contribution < 1.29 is 4.79 Å². The van der Waals surface area contributed by atoms with Crippen LogP contribution in [0, 0.1) is 13.8 Å². The fourth-order valence-electron chi connectivity index (χ4n) is 2.49. The lowest BCUT2D eigenvalue weighted by atomic mass is 10.1. The van der Waals surface area contributed by atoms with E-state index >= 15 is 0 Å². The molecule has 2 heterocycles. The molecule has 1 N–H and O–H groups in total. The Kier molecular flexibility index (Phi) is 5.50. The van der Waals surface area contributed by atoms with E-state index in [-0.39, 0.29) is 17.7 Å². The van der Waals surface area contributed by atoms with Crippen molar-refractivity contribution in [1.82, 2.24) is 25.5 Å². The molecule has 0 radical (unpaired) electrons. The Bertz CT molecular complexity index is 860. The topological polar surface area (TPSA) is 72.7 Å². The molecule has 1 amide bonds. The number of nitrogens with one attached hydrogen (secondary N) is 1. The lowest BCUT2D eigenvalue weighted by molar-refractivity contribution is -0.119. The van der Waals surface area contributed by atoms with Crippen LogP contribution in [0.5, 0.6) is 0 Å². The van der Waals surface area contributed by atoms with Gasteiger partial charge in [-0.05, 0) is 54.3 Å². The molecule has 3 rings (SSSR count). The molecule has 25 heavy (non-hydrogen) atoms. The van der Waals surface area contributed by atoms with Gasteiger partial charge in [0.05, 0.1) is 17.5 Å². The number of rotatable bonds is 6. The Hall–Kier alpha value is -2.19. The molecule has 1 unspecified atom stereocenters. The number of hydrogen-bond acceptors (Lipinski definition) is 6. The minimum absolute atomic E-state index is 0.00318. The van der Waals surface area contributed by atoms with Gasteiger partial charge in [0.2, 0.25) is 11.1 Å². The monoisotopic (exact) mass is 373 g/mol. The van der Waals surface area contributed by atoms with Crippen LogP contribution in [0.25, 0.3) is 5.69 Å². The van der Waals surface area contributed by atoms with Gasteiger partial charge in [0.15, 0.2) is 0 Å². The number of aryl methyl sites for hydroxylation is 2. The molecule has 0 bridgehead atoms. The van der Waals surface area contributed by atoms with Gasteiger partial charge in [0, 0.05) is 4.88 Å². The Morgan fingerprint density at radius 3 is 2.92 bits per heavy atom. The second-order valence-corrected chi connectivity index (χ2v) is 7.68. The van der Waals surface area contributed by atoms with Gasteiger partial charge in [0.25, 0.3) is 0 Å². The number of hydrogen-bond donors (Lipinski definition) is 1. The van der Waals surface area contributed by atoms with Crippen molar-refractivity contribution in [1.29, 1.82) is 0 Å². The number of carbonyl (C=O) groups excluding carboxylic acids is 1. The van der Waals surface area contributed by atoms with Crippen LogP contribution in [0.1, 0.15) is 29.0 Å². The Morgan fingerprint density at radius 2 is 2.20 bits per heavy atom. The minimum Gasteiger partial charge on any atom is -0.348 e. The fourth-order valence-corrected chi connectivity index (χ4v) is 3.91. The number of nitrogens with zero attached hydrogens (tertiary/aromatic N) is 4. The summed E-state index contributed by atoms with van der Waals surface area (Å²) in [6, 6.07) is 10.1. The maximum absolute atomic E-state index is 12.2. The molecule has 0 spiro atoms. The third kappa shape index (κ3) is 4.26. The van der Waals surface area contributed by atoms with Gasteiger partial charge < -0.3 is 5.32 Å². The standard InChI is InChI=1S/C17H19N5OS2/c1-11-6-7-14(12(2)9-11)22-17(19-20-21-22)25-10-16(23)18-13(3)15-5-4-8-24-15/h4-9,13H,10H2,1-3H3,(H,18,23). The minimum atomic E-state index is -0.0407. The summed E-state index contributed by atoms with van der Waals surface area (Å²) in [4.78, 5) is 13.3. The molecule has 0 aliphatic rings. The molecular weight excluding hydrogens is 354 g/mol. The number of thiophene rings is 1. The van der Waals surface area contributed by atoms with Crippen molar-refractivity contribution in [2.75, 3.05) is 5.75 Å². The molecule has 6 nitrogen and oxygen atoms in total. The van der Waals surface area contributed by atoms with E-state index in [9.17, 15) is 4.79 Å². The van der Waals surface area contributed by atoms with Gasteiger partial charge in [-0.3, -0.25) is 4.79 Å². The van der Waals surface area contributed by atoms with E-state index in [1.54, 1.807) is 16.0 Å². The van der Waals surface area contributed by atoms with Crippen LogP contribution in [0.15, 0.2) is 40.9 Å². The van der Waals surface area contributed by atoms with Crippen LogP contribution in [-0.4, -0.2) is 31.9 Å². The zero-order valence-corrected chi connectivity index (χ0v) is 15.9. The number of amides is 1. The molecule has 0 aliphatic carbocycles. The van der Waals surface area contributed by atoms with Crippen molar-refractivity contribution in [2.45, 2.75) is 32.0 Å². The average molecular weight is 374 g/mol. The summed E-state index contributed by atoms with van der Waals surface area (Å²) in [7, 11) is 0. The summed E-state index contributed by atoms with van der Waals surface area (Å²) >= 11 is 2.96. The number of benzene rings is 1. The highest BCUT2D eigenvalue weighted by molar-refractivity contribution is 7.99. The lowest BCUT2D eigenvalue weighted by Crippen LogP contribution is -2.27. The highest BCUT2D eigenvalue weighted by atomic mass is 32.2. The van der Waals surface area contributed by atoms with Crippen molar-refractivity contribution in [3.63, 3.8) is 0 Å². The largest absolute Gasteiger partial charge is 0.348 e. The zero-order valence-electron chi connectivity index (χ0n) is 14.3. The summed E-state index contributed by atoms with van der Waals surface area (Å²) in [5.41, 5.74) is 3.20. The summed E-state index contributed by atoms with van der Waals surface area (Å²) in [5, 5.41) is 17.5. The number of tetrazole rings is 1. The summed E-state index contributed by atoms with van der Waals surface area (Å²) in [5.74, 6) is 0.224. The first-order valence-corrected chi connectivity index (χ1v) is 9.72. The molecule has 0 aliphatic heterocycles. The smallest absolute Gasteiger partial charge is 0.230 e. The van der Waals surface area contributed by atoms with E-state index < -0.39 is 0 Å². The van der Waals surface area contributed by atoms with Crippen LogP contribution in [0.4, 0.5) is 0 Å². The molecule has 3 aromatic rings. The van der Waals surface area contributed by atoms with Crippen LogP contribution in [-0.2, 0) is 4.79 Å². The number of carbonyl (C=O) groups is 1. The third-order valence-corrected chi connectivity index (χ3v) is 5.68. The van der Waals surface area contributed by atoms with E-state index in [1.807, 2.05) is 50.4 Å². The predicted octanol–water partition coefficient (Wildman–Crippen LogP) is 3.31. The second kappa shape index (κ2) is 7.79. The Labute approximate surface area is 154 Å². The second-order valence-electron chi connectivity index (χ2n) is 5.76. The van der Waals surface area contributed by atoms with Gasteiger partial charge in [-0.1, -0.05) is 35.5 Å². The maximum Gasteiger partial charge on any atom is 0.230 e. The lowest BCUT2D eigenvalue weighted by Gasteiger charge is -2.12. The van der Waals surface area contributed by atoms with Crippen molar-refractivity contribution in [3.8, 4) is 5.69 Å². The van der Waals surface area contributed by atoms with Gasteiger partial charge in [0.1, 0.15) is 0 Å². The normalized spacial score (nSPS) is 12.1. The highest BCUT2D eigenvalue weighted by Crippen LogP contribution is 2.22. The molecular formula is C17H19N5OS2. The van der Waals surface area contributed by atoms with E-state index in [2.05, 4.69) is 26.9 Å².